The Kier molecular flexibility index (Phi) is 6.56. The van der Waals surface area contributed by atoms with Crippen LogP contribution < -0.4 is 0 Å². The number of rotatable bonds is 8. The van der Waals surface area contributed by atoms with Crippen LogP contribution in [0.25, 0.3) is 0 Å². The topological polar surface area (TPSA) is 76.3 Å². The summed E-state index contributed by atoms with van der Waals surface area (Å²) < 4.78 is 34.3. The Hall–Kier alpha value is -3.29. The van der Waals surface area contributed by atoms with Crippen molar-refractivity contribution in [2.75, 3.05) is 6.54 Å². The van der Waals surface area contributed by atoms with Crippen LogP contribution in [0.2, 0.25) is 0 Å². The maximum absolute atomic E-state index is 13.6. The second-order valence-electron chi connectivity index (χ2n) is 8.63. The first-order valence-electron chi connectivity index (χ1n) is 11.6. The number of hydrogen-bond acceptors (Lipinski definition) is 5. The van der Waals surface area contributed by atoms with Gasteiger partial charge in [-0.25, -0.2) is 8.42 Å². The third-order valence-corrected chi connectivity index (χ3v) is 8.24. The van der Waals surface area contributed by atoms with Crippen LogP contribution in [-0.2, 0) is 22.9 Å². The van der Waals surface area contributed by atoms with E-state index in [0.717, 1.165) is 18.4 Å². The molecule has 0 amide bonds. The van der Waals surface area contributed by atoms with Gasteiger partial charge in [0.1, 0.15) is 6.04 Å². The van der Waals surface area contributed by atoms with Crippen molar-refractivity contribution in [2.24, 2.45) is 0 Å². The van der Waals surface area contributed by atoms with Crippen LogP contribution in [0.15, 0.2) is 100 Å². The van der Waals surface area contributed by atoms with E-state index >= 15 is 0 Å². The minimum Gasteiger partial charge on any atom is -0.338 e. The van der Waals surface area contributed by atoms with E-state index < -0.39 is 16.1 Å². The van der Waals surface area contributed by atoms with Crippen LogP contribution >= 0.6 is 0 Å². The van der Waals surface area contributed by atoms with Crippen molar-refractivity contribution in [1.82, 2.24) is 14.4 Å². The summed E-state index contributed by atoms with van der Waals surface area (Å²) in [6, 6.07) is 28.4. The maximum Gasteiger partial charge on any atom is 0.245 e. The molecule has 1 fully saturated rings. The van der Waals surface area contributed by atoms with Gasteiger partial charge < -0.3 is 4.52 Å². The van der Waals surface area contributed by atoms with Crippen LogP contribution in [-0.4, -0.2) is 29.4 Å². The van der Waals surface area contributed by atoms with Gasteiger partial charge in [-0.3, -0.25) is 0 Å². The molecule has 0 bridgehead atoms. The minimum absolute atomic E-state index is 0.0538. The van der Waals surface area contributed by atoms with E-state index in [0.29, 0.717) is 31.1 Å². The van der Waals surface area contributed by atoms with Gasteiger partial charge in [0.15, 0.2) is 5.82 Å². The number of nitrogens with zero attached hydrogens (tertiary/aromatic N) is 3. The number of benzene rings is 3. The second kappa shape index (κ2) is 9.91. The van der Waals surface area contributed by atoms with Gasteiger partial charge in [0.2, 0.25) is 15.9 Å². The van der Waals surface area contributed by atoms with Crippen LogP contribution in [0.1, 0.15) is 47.6 Å². The number of aromatic nitrogens is 2. The molecule has 0 aliphatic carbocycles. The zero-order chi connectivity index (χ0) is 23.4. The Labute approximate surface area is 200 Å². The molecule has 7 heteroatoms. The van der Waals surface area contributed by atoms with Crippen LogP contribution in [0.5, 0.6) is 0 Å². The smallest absolute Gasteiger partial charge is 0.245 e. The molecule has 0 N–H and O–H groups in total. The summed E-state index contributed by atoms with van der Waals surface area (Å²) >= 11 is 0. The lowest BCUT2D eigenvalue weighted by Gasteiger charge is -2.21. The molecule has 1 saturated heterocycles. The SMILES string of the molecule is O=S(=O)(c1ccccc1)N1C[C@H](c2ccccc2)CC1c1nc(CCCc2ccccc2)no1. The first-order valence-corrected chi connectivity index (χ1v) is 13.0. The molecule has 1 aromatic heterocycles. The van der Waals surface area contributed by atoms with Gasteiger partial charge in [-0.1, -0.05) is 84.0 Å². The van der Waals surface area contributed by atoms with E-state index in [2.05, 4.69) is 22.3 Å². The molecular formula is C27H27N3O3S. The molecule has 5 rings (SSSR count). The van der Waals surface area contributed by atoms with Crippen molar-refractivity contribution in [3.8, 4) is 0 Å². The van der Waals surface area contributed by atoms with E-state index in [1.165, 1.54) is 9.87 Å². The number of aryl methyl sites for hydroxylation is 2. The Morgan fingerprint density at radius 3 is 2.21 bits per heavy atom. The third kappa shape index (κ3) is 4.81. The summed E-state index contributed by atoms with van der Waals surface area (Å²) in [5.74, 6) is 1.04. The van der Waals surface area contributed by atoms with Crippen molar-refractivity contribution in [3.05, 3.63) is 114 Å². The molecule has 3 aromatic carbocycles. The predicted molar refractivity (Wildman–Crippen MR) is 130 cm³/mol. The van der Waals surface area contributed by atoms with Crippen LogP contribution in [0.3, 0.4) is 0 Å². The van der Waals surface area contributed by atoms with E-state index in [-0.39, 0.29) is 10.8 Å². The van der Waals surface area contributed by atoms with Gasteiger partial charge in [0, 0.05) is 13.0 Å². The van der Waals surface area contributed by atoms with Crippen molar-refractivity contribution in [3.63, 3.8) is 0 Å². The molecule has 0 spiro atoms. The molecule has 1 unspecified atom stereocenters. The van der Waals surface area contributed by atoms with E-state index in [9.17, 15) is 8.42 Å². The molecule has 1 aliphatic heterocycles. The summed E-state index contributed by atoms with van der Waals surface area (Å²) in [6.07, 6.45) is 3.10. The van der Waals surface area contributed by atoms with Crippen molar-refractivity contribution < 1.29 is 12.9 Å². The minimum atomic E-state index is -3.72. The van der Waals surface area contributed by atoms with Crippen LogP contribution in [0.4, 0.5) is 0 Å². The molecule has 2 atom stereocenters. The zero-order valence-electron chi connectivity index (χ0n) is 18.8. The number of sulfonamides is 1. The molecule has 2 heterocycles. The first-order chi connectivity index (χ1) is 16.6. The van der Waals surface area contributed by atoms with Gasteiger partial charge in [-0.15, -0.1) is 0 Å². The molecule has 6 nitrogen and oxygen atoms in total. The normalized spacial score (nSPS) is 18.8. The average molecular weight is 474 g/mol. The second-order valence-corrected chi connectivity index (χ2v) is 10.5. The highest BCUT2D eigenvalue weighted by atomic mass is 32.2. The Morgan fingerprint density at radius 2 is 1.50 bits per heavy atom. The van der Waals surface area contributed by atoms with Crippen molar-refractivity contribution in [1.29, 1.82) is 0 Å². The lowest BCUT2D eigenvalue weighted by Crippen LogP contribution is -2.31. The van der Waals surface area contributed by atoms with E-state index in [1.807, 2.05) is 54.6 Å². The van der Waals surface area contributed by atoms with Gasteiger partial charge in [0.25, 0.3) is 0 Å². The van der Waals surface area contributed by atoms with Gasteiger partial charge in [0.05, 0.1) is 4.90 Å². The summed E-state index contributed by atoms with van der Waals surface area (Å²) in [7, 11) is -3.72. The quantitative estimate of drug-likeness (QED) is 0.353. The lowest BCUT2D eigenvalue weighted by atomic mass is 9.96. The molecule has 0 radical (unpaired) electrons. The predicted octanol–water partition coefficient (Wildman–Crippen LogP) is 5.16. The summed E-state index contributed by atoms with van der Waals surface area (Å²) in [5, 5.41) is 4.17. The van der Waals surface area contributed by atoms with Gasteiger partial charge in [-0.05, 0) is 48.4 Å². The molecule has 1 aliphatic rings. The monoisotopic (exact) mass is 473 g/mol. The van der Waals surface area contributed by atoms with E-state index in [1.54, 1.807) is 24.3 Å². The van der Waals surface area contributed by atoms with Gasteiger partial charge >= 0.3 is 0 Å². The van der Waals surface area contributed by atoms with Crippen LogP contribution in [0, 0.1) is 0 Å². The Bertz CT molecular complexity index is 1310. The largest absolute Gasteiger partial charge is 0.338 e. The molecule has 0 saturated carbocycles. The number of hydrogen-bond donors (Lipinski definition) is 0. The highest BCUT2D eigenvalue weighted by molar-refractivity contribution is 7.89. The van der Waals surface area contributed by atoms with Gasteiger partial charge in [-0.2, -0.15) is 9.29 Å². The third-order valence-electron chi connectivity index (χ3n) is 6.35. The highest BCUT2D eigenvalue weighted by Gasteiger charge is 2.44. The van der Waals surface area contributed by atoms with Crippen molar-refractivity contribution in [2.45, 2.75) is 42.5 Å². The Morgan fingerprint density at radius 1 is 0.853 bits per heavy atom. The molecular weight excluding hydrogens is 446 g/mol. The molecule has 34 heavy (non-hydrogen) atoms. The lowest BCUT2D eigenvalue weighted by molar-refractivity contribution is 0.289. The fraction of sp³-hybridized carbons (Fsp3) is 0.259. The van der Waals surface area contributed by atoms with Crippen molar-refractivity contribution >= 4 is 10.0 Å². The summed E-state index contributed by atoms with van der Waals surface area (Å²) in [6.45, 7) is 0.373. The summed E-state index contributed by atoms with van der Waals surface area (Å²) in [5.41, 5.74) is 2.38. The first kappa shape index (κ1) is 22.5. The van der Waals surface area contributed by atoms with E-state index in [4.69, 9.17) is 4.52 Å². The summed E-state index contributed by atoms with van der Waals surface area (Å²) in [4.78, 5) is 4.90. The average Bonchev–Trinajstić information content (AvgIpc) is 3.54. The maximum atomic E-state index is 13.6. The zero-order valence-corrected chi connectivity index (χ0v) is 19.6. The molecule has 4 aromatic rings. The molecule has 174 valence electrons. The Balaban J connectivity index is 1.37. The standard InChI is InChI=1S/C27H27N3O3S/c31-34(32,24-16-8-3-9-17-24)30-20-23(22-14-6-2-7-15-22)19-25(30)27-28-26(29-33-27)18-10-13-21-11-4-1-5-12-21/h1-9,11-12,14-17,23,25H,10,13,18-20H2/t23-,25?/m1/s1. The highest BCUT2D eigenvalue weighted by Crippen LogP contribution is 2.43. The fourth-order valence-electron chi connectivity index (χ4n) is 4.59. The fourth-order valence-corrected chi connectivity index (χ4v) is 6.25.